The van der Waals surface area contributed by atoms with Crippen LogP contribution in [0.3, 0.4) is 0 Å². The summed E-state index contributed by atoms with van der Waals surface area (Å²) in [4.78, 5) is 18.2. The number of amides is 1. The molecule has 0 aliphatic carbocycles. The highest BCUT2D eigenvalue weighted by molar-refractivity contribution is 7.92. The molecule has 238 valence electrons. The second kappa shape index (κ2) is 14.4. The van der Waals surface area contributed by atoms with Gasteiger partial charge in [-0.1, -0.05) is 40.2 Å². The Labute approximate surface area is 262 Å². The molecular formula is C34H46N4O5S. The van der Waals surface area contributed by atoms with Crippen LogP contribution >= 0.6 is 0 Å². The van der Waals surface area contributed by atoms with Crippen molar-refractivity contribution in [1.82, 2.24) is 10.3 Å². The number of aromatic nitrogens is 1. The number of pyridine rings is 1. The van der Waals surface area contributed by atoms with E-state index in [1.807, 2.05) is 58.9 Å². The summed E-state index contributed by atoms with van der Waals surface area (Å²) in [5.74, 6) is 1.71. The van der Waals surface area contributed by atoms with E-state index in [0.29, 0.717) is 35.1 Å². The Morgan fingerprint density at radius 3 is 2.48 bits per heavy atom. The van der Waals surface area contributed by atoms with E-state index < -0.39 is 10.0 Å². The third kappa shape index (κ3) is 8.95. The van der Waals surface area contributed by atoms with Crippen molar-refractivity contribution in [3.63, 3.8) is 0 Å². The van der Waals surface area contributed by atoms with Crippen LogP contribution in [-0.4, -0.2) is 45.3 Å². The number of aryl methyl sites for hydroxylation is 1. The Bertz CT molecular complexity index is 1560. The topological polar surface area (TPSA) is 119 Å². The van der Waals surface area contributed by atoms with E-state index in [1.165, 1.54) is 7.11 Å². The highest BCUT2D eigenvalue weighted by Crippen LogP contribution is 2.39. The second-order valence-electron chi connectivity index (χ2n) is 12.5. The molecule has 0 unspecified atom stereocenters. The SMILES string of the molecule is CCCCS(=O)(=O)Nc1cc(C(C)(C)C)cc(NC(=O)c2ccc(C)c(Oc3ccnc(CC4CCNCC4)c3)c2)c1OC. The number of benzene rings is 2. The van der Waals surface area contributed by atoms with Crippen LogP contribution in [0.4, 0.5) is 11.4 Å². The lowest BCUT2D eigenvalue weighted by atomic mass is 9.86. The Hall–Kier alpha value is -3.63. The van der Waals surface area contributed by atoms with Gasteiger partial charge < -0.3 is 20.1 Å². The molecule has 9 nitrogen and oxygen atoms in total. The Balaban J connectivity index is 1.58. The summed E-state index contributed by atoms with van der Waals surface area (Å²) in [6.45, 7) is 12.0. The lowest BCUT2D eigenvalue weighted by Crippen LogP contribution is -2.28. The molecule has 1 aromatic heterocycles. The van der Waals surface area contributed by atoms with Crippen LogP contribution in [0.15, 0.2) is 48.7 Å². The number of hydrogen-bond acceptors (Lipinski definition) is 7. The molecule has 1 amide bonds. The molecule has 0 radical (unpaired) electrons. The van der Waals surface area contributed by atoms with Crippen molar-refractivity contribution < 1.29 is 22.7 Å². The maximum Gasteiger partial charge on any atom is 0.255 e. The van der Waals surface area contributed by atoms with Crippen molar-refractivity contribution in [2.45, 2.75) is 72.1 Å². The number of nitrogens with one attached hydrogen (secondary N) is 3. The zero-order valence-electron chi connectivity index (χ0n) is 26.7. The van der Waals surface area contributed by atoms with Crippen molar-refractivity contribution in [1.29, 1.82) is 0 Å². The normalized spacial score (nSPS) is 14.2. The van der Waals surface area contributed by atoms with Crippen molar-refractivity contribution in [2.75, 3.05) is 36.0 Å². The second-order valence-corrected chi connectivity index (χ2v) is 14.4. The van der Waals surface area contributed by atoms with Gasteiger partial charge in [0.25, 0.3) is 5.91 Å². The van der Waals surface area contributed by atoms with Gasteiger partial charge in [0.1, 0.15) is 11.5 Å². The minimum atomic E-state index is -3.61. The predicted octanol–water partition coefficient (Wildman–Crippen LogP) is 6.82. The summed E-state index contributed by atoms with van der Waals surface area (Å²) >= 11 is 0. The van der Waals surface area contributed by atoms with Crippen LogP contribution in [0.25, 0.3) is 0 Å². The lowest BCUT2D eigenvalue weighted by Gasteiger charge is -2.24. The first-order valence-corrected chi connectivity index (χ1v) is 17.0. The van der Waals surface area contributed by atoms with Gasteiger partial charge in [0.15, 0.2) is 5.75 Å². The number of ether oxygens (including phenoxy) is 2. The first kappa shape index (κ1) is 33.3. The van der Waals surface area contributed by atoms with E-state index >= 15 is 0 Å². The number of unbranched alkanes of at least 4 members (excludes halogenated alkanes) is 1. The van der Waals surface area contributed by atoms with E-state index in [4.69, 9.17) is 9.47 Å². The number of sulfonamides is 1. The standard InChI is InChI=1S/C34H46N4O5S/c1-7-8-17-44(40,41)38-30-21-26(34(3,4)5)20-29(32(30)42-6)37-33(39)25-10-9-23(2)31(19-25)43-28-13-16-36-27(22-28)18-24-11-14-35-15-12-24/h9-10,13,16,19-22,24,35,38H,7-8,11-12,14-15,17-18H2,1-6H3,(H,37,39). The number of nitrogens with zero attached hydrogens (tertiary/aromatic N) is 1. The molecule has 0 bridgehead atoms. The van der Waals surface area contributed by atoms with Gasteiger partial charge in [-0.2, -0.15) is 0 Å². The largest absolute Gasteiger partial charge is 0.492 e. The molecule has 1 aliphatic heterocycles. The van der Waals surface area contributed by atoms with Gasteiger partial charge >= 0.3 is 0 Å². The summed E-state index contributed by atoms with van der Waals surface area (Å²) in [6.07, 6.45) is 6.24. The maximum atomic E-state index is 13.6. The van der Waals surface area contributed by atoms with E-state index in [9.17, 15) is 13.2 Å². The predicted molar refractivity (Wildman–Crippen MR) is 177 cm³/mol. The highest BCUT2D eigenvalue weighted by Gasteiger charge is 2.24. The molecule has 2 aromatic carbocycles. The van der Waals surface area contributed by atoms with Crippen LogP contribution in [0.1, 0.15) is 80.6 Å². The molecular weight excluding hydrogens is 576 g/mol. The van der Waals surface area contributed by atoms with Gasteiger partial charge in [0, 0.05) is 23.5 Å². The van der Waals surface area contributed by atoms with Crippen molar-refractivity contribution in [3.8, 4) is 17.2 Å². The fraction of sp³-hybridized carbons (Fsp3) is 0.471. The zero-order chi connectivity index (χ0) is 31.9. The minimum Gasteiger partial charge on any atom is -0.492 e. The van der Waals surface area contributed by atoms with E-state index in [-0.39, 0.29) is 28.5 Å². The van der Waals surface area contributed by atoms with Crippen LogP contribution in [0.5, 0.6) is 17.2 Å². The lowest BCUT2D eigenvalue weighted by molar-refractivity contribution is 0.102. The molecule has 3 N–H and O–H groups in total. The number of hydrogen-bond donors (Lipinski definition) is 3. The molecule has 1 saturated heterocycles. The summed E-state index contributed by atoms with van der Waals surface area (Å²) < 4.78 is 40.2. The van der Waals surface area contributed by atoms with Gasteiger partial charge in [-0.3, -0.25) is 14.5 Å². The molecule has 1 fully saturated rings. The van der Waals surface area contributed by atoms with Crippen molar-refractivity contribution in [2.24, 2.45) is 5.92 Å². The Kier molecular flexibility index (Phi) is 10.9. The third-order valence-electron chi connectivity index (χ3n) is 7.86. The first-order valence-electron chi connectivity index (χ1n) is 15.4. The Morgan fingerprint density at radius 1 is 1.07 bits per heavy atom. The summed E-state index contributed by atoms with van der Waals surface area (Å²) in [5.41, 5.74) is 3.45. The number of carbonyl (C=O) groups excluding carboxylic acids is 1. The molecule has 1 aliphatic rings. The van der Waals surface area contributed by atoms with Crippen LogP contribution in [0, 0.1) is 12.8 Å². The molecule has 4 rings (SSSR count). The van der Waals surface area contributed by atoms with Crippen molar-refractivity contribution in [3.05, 3.63) is 71.0 Å². The number of carbonyl (C=O) groups is 1. The fourth-order valence-corrected chi connectivity index (χ4v) is 6.45. The summed E-state index contributed by atoms with van der Waals surface area (Å²) in [7, 11) is -2.15. The van der Waals surface area contributed by atoms with Crippen LogP contribution in [-0.2, 0) is 21.9 Å². The minimum absolute atomic E-state index is 0.00271. The molecule has 3 aromatic rings. The van der Waals surface area contributed by atoms with E-state index in [0.717, 1.165) is 55.6 Å². The zero-order valence-corrected chi connectivity index (χ0v) is 27.6. The first-order chi connectivity index (χ1) is 20.9. The number of piperidine rings is 1. The van der Waals surface area contributed by atoms with Gasteiger partial charge in [0.05, 0.1) is 24.2 Å². The number of anilines is 2. The maximum absolute atomic E-state index is 13.6. The summed E-state index contributed by atoms with van der Waals surface area (Å²) in [5, 5.41) is 6.36. The Morgan fingerprint density at radius 2 is 1.80 bits per heavy atom. The smallest absolute Gasteiger partial charge is 0.255 e. The quantitative estimate of drug-likeness (QED) is 0.203. The van der Waals surface area contributed by atoms with Crippen LogP contribution < -0.4 is 24.8 Å². The molecule has 0 atom stereocenters. The highest BCUT2D eigenvalue weighted by atomic mass is 32.2. The van der Waals surface area contributed by atoms with Gasteiger partial charge in [-0.05, 0) is 98.5 Å². The van der Waals surface area contributed by atoms with E-state index in [2.05, 4.69) is 20.3 Å². The fourth-order valence-electron chi connectivity index (χ4n) is 5.19. The van der Waals surface area contributed by atoms with Crippen LogP contribution in [0.2, 0.25) is 0 Å². The van der Waals surface area contributed by atoms with Gasteiger partial charge in [-0.15, -0.1) is 0 Å². The van der Waals surface area contributed by atoms with Gasteiger partial charge in [0.2, 0.25) is 10.0 Å². The molecule has 2 heterocycles. The molecule has 10 heteroatoms. The molecule has 0 saturated carbocycles. The summed E-state index contributed by atoms with van der Waals surface area (Å²) in [6, 6.07) is 12.7. The molecule has 44 heavy (non-hydrogen) atoms. The van der Waals surface area contributed by atoms with Crippen molar-refractivity contribution >= 4 is 27.3 Å². The average molecular weight is 623 g/mol. The monoisotopic (exact) mass is 622 g/mol. The number of rotatable bonds is 12. The van der Waals surface area contributed by atoms with E-state index in [1.54, 1.807) is 24.4 Å². The number of methoxy groups -OCH3 is 1. The molecule has 0 spiro atoms. The van der Waals surface area contributed by atoms with Gasteiger partial charge in [-0.25, -0.2) is 8.42 Å². The average Bonchev–Trinajstić information content (AvgIpc) is 2.97. The third-order valence-corrected chi connectivity index (χ3v) is 9.22.